The van der Waals surface area contributed by atoms with E-state index in [2.05, 4.69) is 10.6 Å². The lowest BCUT2D eigenvalue weighted by atomic mass is 10.2. The summed E-state index contributed by atoms with van der Waals surface area (Å²) in [5.74, 6) is 1.80. The van der Waals surface area contributed by atoms with Crippen molar-refractivity contribution in [1.29, 1.82) is 0 Å². The van der Waals surface area contributed by atoms with Crippen LogP contribution in [0.1, 0.15) is 34.6 Å². The van der Waals surface area contributed by atoms with E-state index in [4.69, 9.17) is 14.2 Å². The summed E-state index contributed by atoms with van der Waals surface area (Å²) in [4.78, 5) is 25.4. The van der Waals surface area contributed by atoms with E-state index in [1.54, 1.807) is 84.9 Å². The summed E-state index contributed by atoms with van der Waals surface area (Å²) in [7, 11) is 0. The van der Waals surface area contributed by atoms with E-state index in [0.717, 1.165) is 0 Å². The molecule has 4 aromatic carbocycles. The van der Waals surface area contributed by atoms with E-state index in [-0.39, 0.29) is 11.8 Å². The van der Waals surface area contributed by atoms with E-state index < -0.39 is 0 Å². The molecule has 0 aromatic heterocycles. The summed E-state index contributed by atoms with van der Waals surface area (Å²) in [5, 5.41) is 5.75. The van der Waals surface area contributed by atoms with Gasteiger partial charge in [-0.15, -0.1) is 0 Å². The number of ether oxygens (including phenoxy) is 3. The van der Waals surface area contributed by atoms with Crippen LogP contribution in [0.25, 0.3) is 0 Å². The van der Waals surface area contributed by atoms with Crippen LogP contribution in [-0.2, 0) is 0 Å². The number of rotatable bonds is 10. The Bertz CT molecular complexity index is 1250. The SMILES string of the molecule is CCOc1ccccc1C(=O)Nc1ccc(Oc2ccc(NC(=O)c3ccccc3OCC)cc2)cc1. The molecule has 0 saturated carbocycles. The predicted molar refractivity (Wildman–Crippen MR) is 144 cm³/mol. The van der Waals surface area contributed by atoms with Crippen LogP contribution in [0.2, 0.25) is 0 Å². The highest BCUT2D eigenvalue weighted by Gasteiger charge is 2.13. The number of hydrogen-bond donors (Lipinski definition) is 2. The zero-order valence-electron chi connectivity index (χ0n) is 20.7. The maximum atomic E-state index is 12.7. The molecule has 0 aliphatic carbocycles. The minimum absolute atomic E-state index is 0.251. The monoisotopic (exact) mass is 496 g/mol. The first-order valence-electron chi connectivity index (χ1n) is 12.0. The van der Waals surface area contributed by atoms with E-state index in [1.165, 1.54) is 0 Å². The molecule has 0 aliphatic heterocycles. The van der Waals surface area contributed by atoms with Crippen molar-refractivity contribution in [3.63, 3.8) is 0 Å². The fourth-order valence-corrected chi connectivity index (χ4v) is 3.62. The normalized spacial score (nSPS) is 10.3. The molecule has 0 saturated heterocycles. The minimum Gasteiger partial charge on any atom is -0.493 e. The highest BCUT2D eigenvalue weighted by Crippen LogP contribution is 2.26. The van der Waals surface area contributed by atoms with Gasteiger partial charge in [-0.05, 0) is 86.6 Å². The van der Waals surface area contributed by atoms with E-state index in [9.17, 15) is 9.59 Å². The molecule has 4 rings (SSSR count). The van der Waals surface area contributed by atoms with Gasteiger partial charge in [-0.2, -0.15) is 0 Å². The molecule has 0 aliphatic rings. The molecule has 0 atom stereocenters. The Morgan fingerprint density at radius 3 is 1.32 bits per heavy atom. The maximum absolute atomic E-state index is 12.7. The molecule has 7 heteroatoms. The van der Waals surface area contributed by atoms with E-state index in [1.807, 2.05) is 26.0 Å². The summed E-state index contributed by atoms with van der Waals surface area (Å²) < 4.78 is 17.0. The highest BCUT2D eigenvalue weighted by atomic mass is 16.5. The largest absolute Gasteiger partial charge is 0.493 e. The minimum atomic E-state index is -0.251. The topological polar surface area (TPSA) is 85.9 Å². The van der Waals surface area contributed by atoms with Crippen molar-refractivity contribution in [3.8, 4) is 23.0 Å². The number of carbonyl (C=O) groups excluding carboxylic acids is 2. The highest BCUT2D eigenvalue weighted by molar-refractivity contribution is 6.06. The van der Waals surface area contributed by atoms with Gasteiger partial charge < -0.3 is 24.8 Å². The smallest absolute Gasteiger partial charge is 0.259 e. The maximum Gasteiger partial charge on any atom is 0.259 e. The number of carbonyl (C=O) groups is 2. The van der Waals surface area contributed by atoms with Crippen LogP contribution in [0.15, 0.2) is 97.1 Å². The number of amides is 2. The zero-order chi connectivity index (χ0) is 26.0. The Morgan fingerprint density at radius 2 is 0.946 bits per heavy atom. The molecule has 0 unspecified atom stereocenters. The van der Waals surface area contributed by atoms with Crippen LogP contribution in [-0.4, -0.2) is 25.0 Å². The van der Waals surface area contributed by atoms with Crippen LogP contribution in [0.4, 0.5) is 11.4 Å². The zero-order valence-corrected chi connectivity index (χ0v) is 20.7. The Labute approximate surface area is 216 Å². The van der Waals surface area contributed by atoms with Gasteiger partial charge >= 0.3 is 0 Å². The first kappa shape index (κ1) is 25.3. The standard InChI is InChI=1S/C30H28N2O5/c1-3-35-27-11-7-5-9-25(27)29(33)31-21-13-17-23(18-14-21)37-24-19-15-22(16-20-24)32-30(34)26-10-6-8-12-28(26)36-4-2/h5-20H,3-4H2,1-2H3,(H,31,33)(H,32,34). The van der Waals surface area contributed by atoms with Gasteiger partial charge in [-0.1, -0.05) is 24.3 Å². The van der Waals surface area contributed by atoms with Gasteiger partial charge in [0.1, 0.15) is 23.0 Å². The Kier molecular flexibility index (Phi) is 8.39. The second-order valence-electron chi connectivity index (χ2n) is 7.92. The molecule has 4 aromatic rings. The molecule has 7 nitrogen and oxygen atoms in total. The van der Waals surface area contributed by atoms with Crippen LogP contribution in [0.3, 0.4) is 0 Å². The van der Waals surface area contributed by atoms with Crippen LogP contribution in [0.5, 0.6) is 23.0 Å². The third-order valence-corrected chi connectivity index (χ3v) is 5.32. The molecule has 37 heavy (non-hydrogen) atoms. The van der Waals surface area contributed by atoms with Crippen LogP contribution < -0.4 is 24.8 Å². The number of benzene rings is 4. The van der Waals surface area contributed by atoms with Gasteiger partial charge in [0.25, 0.3) is 11.8 Å². The lowest BCUT2D eigenvalue weighted by Crippen LogP contribution is -2.13. The van der Waals surface area contributed by atoms with Crippen molar-refractivity contribution in [2.24, 2.45) is 0 Å². The van der Waals surface area contributed by atoms with Crippen molar-refractivity contribution in [2.75, 3.05) is 23.8 Å². The third kappa shape index (κ3) is 6.67. The lowest BCUT2D eigenvalue weighted by Gasteiger charge is -2.12. The average Bonchev–Trinajstić information content (AvgIpc) is 2.92. The number of para-hydroxylation sites is 2. The second kappa shape index (κ2) is 12.3. The molecule has 2 N–H and O–H groups in total. The van der Waals surface area contributed by atoms with Gasteiger partial charge in [0.2, 0.25) is 0 Å². The lowest BCUT2D eigenvalue weighted by molar-refractivity contribution is 0.101. The fourth-order valence-electron chi connectivity index (χ4n) is 3.62. The van der Waals surface area contributed by atoms with E-state index in [0.29, 0.717) is 58.7 Å². The molecular weight excluding hydrogens is 468 g/mol. The summed E-state index contributed by atoms with van der Waals surface area (Å²) in [6.45, 7) is 4.71. The fraction of sp³-hybridized carbons (Fsp3) is 0.133. The van der Waals surface area contributed by atoms with Crippen LogP contribution in [0, 0.1) is 0 Å². The summed E-state index contributed by atoms with van der Waals surface area (Å²) in [6, 6.07) is 28.4. The number of anilines is 2. The van der Waals surface area contributed by atoms with Crippen molar-refractivity contribution >= 4 is 23.2 Å². The second-order valence-corrected chi connectivity index (χ2v) is 7.92. The predicted octanol–water partition coefficient (Wildman–Crippen LogP) is 6.78. The molecule has 0 radical (unpaired) electrons. The Balaban J connectivity index is 1.35. The molecule has 0 bridgehead atoms. The Morgan fingerprint density at radius 1 is 0.568 bits per heavy atom. The Hall–Kier alpha value is -4.78. The molecular formula is C30H28N2O5. The molecule has 0 spiro atoms. The van der Waals surface area contributed by atoms with Gasteiger partial charge in [-0.25, -0.2) is 0 Å². The van der Waals surface area contributed by atoms with Crippen molar-refractivity contribution in [2.45, 2.75) is 13.8 Å². The van der Waals surface area contributed by atoms with Gasteiger partial charge in [0.15, 0.2) is 0 Å². The van der Waals surface area contributed by atoms with Gasteiger partial charge in [0, 0.05) is 11.4 Å². The summed E-state index contributed by atoms with van der Waals surface area (Å²) in [6.07, 6.45) is 0. The summed E-state index contributed by atoms with van der Waals surface area (Å²) in [5.41, 5.74) is 2.21. The van der Waals surface area contributed by atoms with Crippen LogP contribution >= 0.6 is 0 Å². The first-order chi connectivity index (χ1) is 18.1. The van der Waals surface area contributed by atoms with Crippen molar-refractivity contribution in [1.82, 2.24) is 0 Å². The third-order valence-electron chi connectivity index (χ3n) is 5.32. The number of hydrogen-bond acceptors (Lipinski definition) is 5. The number of nitrogens with one attached hydrogen (secondary N) is 2. The van der Waals surface area contributed by atoms with Crippen molar-refractivity contribution in [3.05, 3.63) is 108 Å². The quantitative estimate of drug-likeness (QED) is 0.253. The van der Waals surface area contributed by atoms with E-state index >= 15 is 0 Å². The van der Waals surface area contributed by atoms with Gasteiger partial charge in [-0.3, -0.25) is 9.59 Å². The average molecular weight is 497 g/mol. The summed E-state index contributed by atoms with van der Waals surface area (Å²) >= 11 is 0. The van der Waals surface area contributed by atoms with Gasteiger partial charge in [0.05, 0.1) is 24.3 Å². The molecule has 2 amide bonds. The molecule has 188 valence electrons. The molecule has 0 heterocycles. The van der Waals surface area contributed by atoms with Crippen molar-refractivity contribution < 1.29 is 23.8 Å². The molecule has 0 fully saturated rings. The first-order valence-corrected chi connectivity index (χ1v) is 12.0.